The van der Waals surface area contributed by atoms with E-state index in [1.54, 1.807) is 18.7 Å². The zero-order valence-corrected chi connectivity index (χ0v) is 11.3. The lowest BCUT2D eigenvalue weighted by Gasteiger charge is -2.07. The molecule has 0 amide bonds. The summed E-state index contributed by atoms with van der Waals surface area (Å²) in [5, 5.41) is 3.10. The van der Waals surface area contributed by atoms with E-state index >= 15 is 0 Å². The second-order valence-electron chi connectivity index (χ2n) is 4.44. The first kappa shape index (κ1) is 13.3. The number of nitrogens with zero attached hydrogens (tertiary/aromatic N) is 4. The van der Waals surface area contributed by atoms with E-state index < -0.39 is 0 Å². The summed E-state index contributed by atoms with van der Waals surface area (Å²) in [6.45, 7) is 1.25. The van der Waals surface area contributed by atoms with Crippen LogP contribution < -0.4 is 22.3 Å². The van der Waals surface area contributed by atoms with Gasteiger partial charge in [0, 0.05) is 27.7 Å². The summed E-state index contributed by atoms with van der Waals surface area (Å²) in [5.41, 5.74) is 5.46. The van der Waals surface area contributed by atoms with Crippen molar-refractivity contribution in [1.82, 2.24) is 18.7 Å². The van der Waals surface area contributed by atoms with Crippen LogP contribution in [0.1, 0.15) is 6.42 Å². The maximum Gasteiger partial charge on any atom is 0.332 e. The summed E-state index contributed by atoms with van der Waals surface area (Å²) in [4.78, 5) is 28.2. The molecule has 2 aromatic rings. The van der Waals surface area contributed by atoms with Crippen LogP contribution in [0.25, 0.3) is 11.2 Å². The Kier molecular flexibility index (Phi) is 3.43. The molecule has 8 nitrogen and oxygen atoms in total. The Hall–Kier alpha value is -2.09. The molecule has 0 radical (unpaired) electrons. The van der Waals surface area contributed by atoms with Crippen molar-refractivity contribution in [2.45, 2.75) is 6.42 Å². The number of hydrogen-bond acceptors (Lipinski definition) is 5. The second kappa shape index (κ2) is 4.88. The number of fused-ring (bicyclic) bond motifs is 1. The number of nitrogens with one attached hydrogen (secondary N) is 1. The zero-order chi connectivity index (χ0) is 14.2. The van der Waals surface area contributed by atoms with E-state index in [0.29, 0.717) is 24.7 Å². The molecule has 0 spiro atoms. The van der Waals surface area contributed by atoms with Crippen LogP contribution in [0.2, 0.25) is 0 Å². The molecule has 8 heteroatoms. The fraction of sp³-hybridized carbons (Fsp3) is 0.545. The van der Waals surface area contributed by atoms with Crippen molar-refractivity contribution in [2.24, 2.45) is 26.9 Å². The van der Waals surface area contributed by atoms with Crippen molar-refractivity contribution in [3.05, 3.63) is 20.8 Å². The lowest BCUT2D eigenvalue weighted by atomic mass is 10.4. The first-order chi connectivity index (χ1) is 8.99. The van der Waals surface area contributed by atoms with E-state index in [9.17, 15) is 9.59 Å². The topological polar surface area (TPSA) is 99.9 Å². The van der Waals surface area contributed by atoms with Gasteiger partial charge < -0.3 is 11.1 Å². The highest BCUT2D eigenvalue weighted by molar-refractivity contribution is 5.73. The number of nitrogens with two attached hydrogens (primary N) is 1. The fourth-order valence-corrected chi connectivity index (χ4v) is 2.04. The molecule has 0 atom stereocenters. The Bertz CT molecular complexity index is 723. The van der Waals surface area contributed by atoms with Crippen molar-refractivity contribution in [3.63, 3.8) is 0 Å². The molecule has 0 aliphatic carbocycles. The molecular formula is C11H18N6O2. The smallest absolute Gasteiger partial charge is 0.332 e. The Balaban J connectivity index is 2.64. The first-order valence-electron chi connectivity index (χ1n) is 6.05. The van der Waals surface area contributed by atoms with Gasteiger partial charge in [-0.3, -0.25) is 18.5 Å². The molecule has 0 saturated carbocycles. The normalized spacial score (nSPS) is 11.2. The monoisotopic (exact) mass is 266 g/mol. The number of imidazole rings is 1. The summed E-state index contributed by atoms with van der Waals surface area (Å²) in [5.74, 6) is 0.557. The van der Waals surface area contributed by atoms with Crippen molar-refractivity contribution >= 4 is 17.1 Å². The van der Waals surface area contributed by atoms with Gasteiger partial charge in [0.2, 0.25) is 5.95 Å². The van der Waals surface area contributed by atoms with E-state index in [-0.39, 0.29) is 16.8 Å². The highest BCUT2D eigenvalue weighted by Gasteiger charge is 2.16. The van der Waals surface area contributed by atoms with E-state index in [2.05, 4.69) is 10.3 Å². The van der Waals surface area contributed by atoms with Gasteiger partial charge in [-0.05, 0) is 13.0 Å². The van der Waals surface area contributed by atoms with Crippen molar-refractivity contribution in [3.8, 4) is 0 Å². The minimum atomic E-state index is -0.388. The Morgan fingerprint density at radius 2 is 1.84 bits per heavy atom. The Morgan fingerprint density at radius 1 is 1.16 bits per heavy atom. The van der Waals surface area contributed by atoms with Gasteiger partial charge in [0.1, 0.15) is 0 Å². The van der Waals surface area contributed by atoms with Gasteiger partial charge in [-0.15, -0.1) is 0 Å². The molecule has 3 N–H and O–H groups in total. The Labute approximate surface area is 109 Å². The van der Waals surface area contributed by atoms with Gasteiger partial charge in [0.25, 0.3) is 5.56 Å². The number of aromatic nitrogens is 4. The van der Waals surface area contributed by atoms with Crippen LogP contribution in [-0.2, 0) is 21.1 Å². The maximum absolute atomic E-state index is 12.0. The summed E-state index contributed by atoms with van der Waals surface area (Å²) in [6.07, 6.45) is 0.806. The van der Waals surface area contributed by atoms with Gasteiger partial charge in [-0.25, -0.2) is 9.78 Å². The Morgan fingerprint density at radius 3 is 2.47 bits per heavy atom. The fourth-order valence-electron chi connectivity index (χ4n) is 2.04. The van der Waals surface area contributed by atoms with Gasteiger partial charge in [-0.2, -0.15) is 0 Å². The van der Waals surface area contributed by atoms with Gasteiger partial charge in [0.05, 0.1) is 0 Å². The van der Waals surface area contributed by atoms with Crippen molar-refractivity contribution in [1.29, 1.82) is 0 Å². The molecule has 19 heavy (non-hydrogen) atoms. The third kappa shape index (κ3) is 2.03. The molecule has 104 valence electrons. The summed E-state index contributed by atoms with van der Waals surface area (Å²) in [6, 6.07) is 0. The third-order valence-corrected chi connectivity index (χ3v) is 3.13. The van der Waals surface area contributed by atoms with E-state index in [1.807, 2.05) is 0 Å². The summed E-state index contributed by atoms with van der Waals surface area (Å²) in [7, 11) is 4.83. The molecule has 2 rings (SSSR count). The SMILES string of the molecule is Cn1c(=O)c2nc(NCCCN)n(C)c2n(C)c1=O. The highest BCUT2D eigenvalue weighted by atomic mass is 16.2. The van der Waals surface area contributed by atoms with Gasteiger partial charge in [-0.1, -0.05) is 0 Å². The number of anilines is 1. The first-order valence-corrected chi connectivity index (χ1v) is 6.05. The van der Waals surface area contributed by atoms with Crippen molar-refractivity contribution in [2.75, 3.05) is 18.4 Å². The minimum absolute atomic E-state index is 0.280. The molecule has 0 aromatic carbocycles. The van der Waals surface area contributed by atoms with Crippen molar-refractivity contribution < 1.29 is 0 Å². The predicted molar refractivity (Wildman–Crippen MR) is 73.4 cm³/mol. The predicted octanol–water partition coefficient (Wildman–Crippen LogP) is -1.27. The lowest BCUT2D eigenvalue weighted by Crippen LogP contribution is -2.37. The quantitative estimate of drug-likeness (QED) is 0.672. The van der Waals surface area contributed by atoms with Gasteiger partial charge >= 0.3 is 5.69 Å². The molecule has 0 unspecified atom stereocenters. The number of hydrogen-bond donors (Lipinski definition) is 2. The average molecular weight is 266 g/mol. The van der Waals surface area contributed by atoms with E-state index in [4.69, 9.17) is 5.73 Å². The number of rotatable bonds is 4. The third-order valence-electron chi connectivity index (χ3n) is 3.13. The molecule has 0 aliphatic heterocycles. The zero-order valence-electron chi connectivity index (χ0n) is 11.3. The maximum atomic E-state index is 12.0. The highest BCUT2D eigenvalue weighted by Crippen LogP contribution is 2.12. The molecule has 0 fully saturated rings. The van der Waals surface area contributed by atoms with Crippen LogP contribution in [0.4, 0.5) is 5.95 Å². The summed E-state index contributed by atoms with van der Waals surface area (Å²) >= 11 is 0. The molecular weight excluding hydrogens is 248 g/mol. The van der Waals surface area contributed by atoms with Crippen LogP contribution in [-0.4, -0.2) is 31.8 Å². The minimum Gasteiger partial charge on any atom is -0.356 e. The standard InChI is InChI=1S/C11H18N6O2/c1-15-8-7(14-10(15)13-6-4-5-12)9(18)17(3)11(19)16(8)2/h4-6,12H2,1-3H3,(H,13,14). The summed E-state index contributed by atoms with van der Waals surface area (Å²) < 4.78 is 4.17. The number of aryl methyl sites for hydroxylation is 2. The van der Waals surface area contributed by atoms with Crippen LogP contribution in [0.5, 0.6) is 0 Å². The lowest BCUT2D eigenvalue weighted by molar-refractivity contribution is 0.698. The average Bonchev–Trinajstić information content (AvgIpc) is 2.72. The second-order valence-corrected chi connectivity index (χ2v) is 4.44. The van der Waals surface area contributed by atoms with Crippen LogP contribution in [0, 0.1) is 0 Å². The molecule has 0 saturated heterocycles. The molecule has 2 aromatic heterocycles. The molecule has 0 aliphatic rings. The van der Waals surface area contributed by atoms with E-state index in [0.717, 1.165) is 11.0 Å². The van der Waals surface area contributed by atoms with Crippen LogP contribution in [0.3, 0.4) is 0 Å². The molecule has 0 bridgehead atoms. The van der Waals surface area contributed by atoms with Crippen LogP contribution in [0.15, 0.2) is 9.59 Å². The van der Waals surface area contributed by atoms with Crippen LogP contribution >= 0.6 is 0 Å². The molecule has 2 heterocycles. The van der Waals surface area contributed by atoms with Gasteiger partial charge in [0.15, 0.2) is 11.2 Å². The largest absolute Gasteiger partial charge is 0.356 e. The van der Waals surface area contributed by atoms with E-state index in [1.165, 1.54) is 11.6 Å².